The number of anilines is 1. The van der Waals surface area contributed by atoms with E-state index in [9.17, 15) is 0 Å². The van der Waals surface area contributed by atoms with Crippen LogP contribution in [0.5, 0.6) is 0 Å². The first kappa shape index (κ1) is 20.1. The van der Waals surface area contributed by atoms with Crippen molar-refractivity contribution < 1.29 is 0 Å². The zero-order valence-electron chi connectivity index (χ0n) is 16.9. The molecule has 150 valence electrons. The topological polar surface area (TPSA) is 68.7 Å². The smallest absolute Gasteiger partial charge is 0.225 e. The van der Waals surface area contributed by atoms with E-state index in [1.165, 1.54) is 5.56 Å². The van der Waals surface area contributed by atoms with Gasteiger partial charge in [-0.3, -0.25) is 9.89 Å². The number of nitrogens with one attached hydrogen (secondary N) is 2. The lowest BCUT2D eigenvalue weighted by atomic mass is 10.1. The standard InChI is InChI=1S/C21H31N7/c1-18(19-8-4-3-5-9-19)26-20(22-2)23-12-7-13-27-14-16-28(17-15-27)21-24-10-6-11-25-21/h3-6,8-11,18H,7,12-17H2,1-2H3,(H2,22,23,26). The van der Waals surface area contributed by atoms with Gasteiger partial charge in [0.05, 0.1) is 6.04 Å². The summed E-state index contributed by atoms with van der Waals surface area (Å²) >= 11 is 0. The molecule has 0 radical (unpaired) electrons. The molecule has 1 saturated heterocycles. The number of rotatable bonds is 7. The van der Waals surface area contributed by atoms with Gasteiger partial charge in [-0.05, 0) is 31.5 Å². The Morgan fingerprint density at radius 2 is 1.79 bits per heavy atom. The molecule has 0 saturated carbocycles. The normalized spacial score (nSPS) is 16.6. The maximum Gasteiger partial charge on any atom is 0.225 e. The van der Waals surface area contributed by atoms with E-state index in [4.69, 9.17) is 0 Å². The molecule has 1 fully saturated rings. The summed E-state index contributed by atoms with van der Waals surface area (Å²) in [4.78, 5) is 17.8. The van der Waals surface area contributed by atoms with Crippen molar-refractivity contribution in [3.8, 4) is 0 Å². The van der Waals surface area contributed by atoms with Crippen LogP contribution < -0.4 is 15.5 Å². The summed E-state index contributed by atoms with van der Waals surface area (Å²) < 4.78 is 0. The molecule has 2 N–H and O–H groups in total. The number of guanidine groups is 1. The van der Waals surface area contributed by atoms with Crippen molar-refractivity contribution in [3.63, 3.8) is 0 Å². The van der Waals surface area contributed by atoms with E-state index in [0.717, 1.165) is 57.6 Å². The molecule has 28 heavy (non-hydrogen) atoms. The molecular formula is C21H31N7. The minimum absolute atomic E-state index is 0.223. The van der Waals surface area contributed by atoms with Gasteiger partial charge in [0, 0.05) is 52.2 Å². The largest absolute Gasteiger partial charge is 0.356 e. The molecule has 0 spiro atoms. The Kier molecular flexibility index (Phi) is 7.61. The van der Waals surface area contributed by atoms with Crippen LogP contribution in [0.25, 0.3) is 0 Å². The van der Waals surface area contributed by atoms with Gasteiger partial charge < -0.3 is 15.5 Å². The van der Waals surface area contributed by atoms with Crippen molar-refractivity contribution in [1.29, 1.82) is 0 Å². The molecule has 1 aromatic heterocycles. The average molecular weight is 382 g/mol. The Morgan fingerprint density at radius 1 is 1.07 bits per heavy atom. The summed E-state index contributed by atoms with van der Waals surface area (Å²) in [7, 11) is 1.82. The lowest BCUT2D eigenvalue weighted by molar-refractivity contribution is 0.254. The second-order valence-corrected chi connectivity index (χ2v) is 7.01. The zero-order chi connectivity index (χ0) is 19.6. The van der Waals surface area contributed by atoms with Gasteiger partial charge in [0.2, 0.25) is 5.95 Å². The predicted octanol–water partition coefficient (Wildman–Crippen LogP) is 1.91. The summed E-state index contributed by atoms with van der Waals surface area (Å²) in [5.74, 6) is 1.69. The maximum absolute atomic E-state index is 4.34. The van der Waals surface area contributed by atoms with Crippen LogP contribution in [0.2, 0.25) is 0 Å². The van der Waals surface area contributed by atoms with E-state index in [1.54, 1.807) is 12.4 Å². The third-order valence-electron chi connectivity index (χ3n) is 5.03. The Hall–Kier alpha value is -2.67. The fourth-order valence-electron chi connectivity index (χ4n) is 3.36. The Morgan fingerprint density at radius 3 is 2.46 bits per heavy atom. The predicted molar refractivity (Wildman–Crippen MR) is 115 cm³/mol. The first-order chi connectivity index (χ1) is 13.8. The van der Waals surface area contributed by atoms with Crippen molar-refractivity contribution in [1.82, 2.24) is 25.5 Å². The Labute approximate surface area is 167 Å². The summed E-state index contributed by atoms with van der Waals surface area (Å²) in [5.41, 5.74) is 1.26. The number of nitrogens with zero attached hydrogens (tertiary/aromatic N) is 5. The highest BCUT2D eigenvalue weighted by molar-refractivity contribution is 5.80. The molecule has 1 aliphatic heterocycles. The highest BCUT2D eigenvalue weighted by Crippen LogP contribution is 2.11. The summed E-state index contributed by atoms with van der Waals surface area (Å²) in [5, 5.41) is 6.88. The molecule has 0 bridgehead atoms. The maximum atomic E-state index is 4.34. The van der Waals surface area contributed by atoms with Crippen LogP contribution in [0.4, 0.5) is 5.95 Å². The fraction of sp³-hybridized carbons (Fsp3) is 0.476. The van der Waals surface area contributed by atoms with E-state index in [0.29, 0.717) is 0 Å². The number of aliphatic imine (C=N–C) groups is 1. The quantitative estimate of drug-likeness (QED) is 0.434. The van der Waals surface area contributed by atoms with Crippen molar-refractivity contribution >= 4 is 11.9 Å². The monoisotopic (exact) mass is 381 g/mol. The van der Waals surface area contributed by atoms with E-state index >= 15 is 0 Å². The summed E-state index contributed by atoms with van der Waals surface area (Å²) in [6, 6.07) is 12.5. The van der Waals surface area contributed by atoms with E-state index in [2.05, 4.69) is 66.6 Å². The lowest BCUT2D eigenvalue weighted by Crippen LogP contribution is -2.47. The number of piperazine rings is 1. The summed E-state index contributed by atoms with van der Waals surface area (Å²) in [6.07, 6.45) is 4.70. The van der Waals surface area contributed by atoms with Crippen molar-refractivity contribution in [2.24, 2.45) is 4.99 Å². The molecule has 7 heteroatoms. The van der Waals surface area contributed by atoms with Gasteiger partial charge in [0.1, 0.15) is 0 Å². The third-order valence-corrected chi connectivity index (χ3v) is 5.03. The van der Waals surface area contributed by atoms with Gasteiger partial charge in [-0.2, -0.15) is 0 Å². The van der Waals surface area contributed by atoms with Crippen molar-refractivity contribution in [2.75, 3.05) is 51.2 Å². The molecule has 1 aromatic carbocycles. The van der Waals surface area contributed by atoms with Crippen LogP contribution in [0.1, 0.15) is 24.9 Å². The number of hydrogen-bond acceptors (Lipinski definition) is 5. The van der Waals surface area contributed by atoms with Crippen molar-refractivity contribution in [3.05, 3.63) is 54.4 Å². The molecule has 7 nitrogen and oxygen atoms in total. The van der Waals surface area contributed by atoms with E-state index in [1.807, 2.05) is 19.2 Å². The first-order valence-electron chi connectivity index (χ1n) is 10.0. The fourth-order valence-corrected chi connectivity index (χ4v) is 3.36. The molecule has 3 rings (SSSR count). The second-order valence-electron chi connectivity index (χ2n) is 7.01. The van der Waals surface area contributed by atoms with Gasteiger partial charge in [0.15, 0.2) is 5.96 Å². The van der Waals surface area contributed by atoms with E-state index < -0.39 is 0 Å². The minimum atomic E-state index is 0.223. The molecule has 2 aromatic rings. The van der Waals surface area contributed by atoms with Crippen LogP contribution in [-0.2, 0) is 0 Å². The second kappa shape index (κ2) is 10.6. The molecule has 1 atom stereocenters. The SMILES string of the molecule is CN=C(NCCCN1CCN(c2ncccn2)CC1)NC(C)c1ccccc1. The molecule has 0 aliphatic carbocycles. The number of aromatic nitrogens is 2. The van der Waals surface area contributed by atoms with Gasteiger partial charge in [0.25, 0.3) is 0 Å². The molecule has 2 heterocycles. The van der Waals surface area contributed by atoms with Gasteiger partial charge in [-0.25, -0.2) is 9.97 Å². The number of hydrogen-bond donors (Lipinski definition) is 2. The van der Waals surface area contributed by atoms with Gasteiger partial charge >= 0.3 is 0 Å². The minimum Gasteiger partial charge on any atom is -0.356 e. The summed E-state index contributed by atoms with van der Waals surface area (Å²) in [6.45, 7) is 8.21. The first-order valence-corrected chi connectivity index (χ1v) is 10.0. The van der Waals surface area contributed by atoms with Crippen LogP contribution >= 0.6 is 0 Å². The van der Waals surface area contributed by atoms with Crippen molar-refractivity contribution in [2.45, 2.75) is 19.4 Å². The van der Waals surface area contributed by atoms with Gasteiger partial charge in [-0.1, -0.05) is 30.3 Å². The molecular weight excluding hydrogens is 350 g/mol. The Balaban J connectivity index is 1.33. The van der Waals surface area contributed by atoms with Crippen LogP contribution in [0.15, 0.2) is 53.8 Å². The van der Waals surface area contributed by atoms with E-state index in [-0.39, 0.29) is 6.04 Å². The molecule has 1 unspecified atom stereocenters. The van der Waals surface area contributed by atoms with Crippen LogP contribution in [0.3, 0.4) is 0 Å². The highest BCUT2D eigenvalue weighted by atomic mass is 15.3. The molecule has 0 amide bonds. The molecule has 1 aliphatic rings. The van der Waals surface area contributed by atoms with Gasteiger partial charge in [-0.15, -0.1) is 0 Å². The van der Waals surface area contributed by atoms with Crippen LogP contribution in [0, 0.1) is 0 Å². The lowest BCUT2D eigenvalue weighted by Gasteiger charge is -2.34. The third kappa shape index (κ3) is 5.92. The highest BCUT2D eigenvalue weighted by Gasteiger charge is 2.18. The Bertz CT molecular complexity index is 712. The zero-order valence-corrected chi connectivity index (χ0v) is 16.9. The number of benzene rings is 1. The average Bonchev–Trinajstić information content (AvgIpc) is 2.77. The van der Waals surface area contributed by atoms with Crippen LogP contribution in [-0.4, -0.2) is 67.1 Å².